The minimum Gasteiger partial charge on any atom is -0.344 e. The summed E-state index contributed by atoms with van der Waals surface area (Å²) in [6.45, 7) is 1.57. The molecular formula is C22H25N3O. The lowest BCUT2D eigenvalue weighted by Gasteiger charge is -2.16. The fourth-order valence-corrected chi connectivity index (χ4v) is 4.69. The first kappa shape index (κ1) is 15.9. The molecule has 2 atom stereocenters. The maximum Gasteiger partial charge on any atom is 0.227 e. The second kappa shape index (κ2) is 5.85. The second-order valence-electron chi connectivity index (χ2n) is 8.07. The highest BCUT2D eigenvalue weighted by Crippen LogP contribution is 2.41. The largest absolute Gasteiger partial charge is 0.344 e. The van der Waals surface area contributed by atoms with Gasteiger partial charge in [-0.05, 0) is 48.4 Å². The molecule has 0 radical (unpaired) electrons. The van der Waals surface area contributed by atoms with E-state index in [0.29, 0.717) is 12.3 Å². The zero-order valence-corrected chi connectivity index (χ0v) is 15.2. The van der Waals surface area contributed by atoms with E-state index in [2.05, 4.69) is 54.1 Å². The number of nitrogens with two attached hydrogens (primary N) is 1. The van der Waals surface area contributed by atoms with E-state index in [4.69, 9.17) is 5.73 Å². The Balaban J connectivity index is 1.41. The number of rotatable bonds is 3. The number of benzene rings is 2. The molecular weight excluding hydrogens is 322 g/mol. The Morgan fingerprint density at radius 3 is 2.65 bits per heavy atom. The van der Waals surface area contributed by atoms with E-state index in [1.165, 1.54) is 34.6 Å². The van der Waals surface area contributed by atoms with E-state index in [1.807, 2.05) is 4.90 Å². The van der Waals surface area contributed by atoms with Gasteiger partial charge in [-0.3, -0.25) is 4.79 Å². The lowest BCUT2D eigenvalue weighted by molar-refractivity contribution is -0.129. The zero-order chi connectivity index (χ0) is 17.8. The van der Waals surface area contributed by atoms with Crippen LogP contribution >= 0.6 is 0 Å². The van der Waals surface area contributed by atoms with Gasteiger partial charge in [0, 0.05) is 48.0 Å². The average molecular weight is 347 g/mol. The van der Waals surface area contributed by atoms with Crippen LogP contribution in [0, 0.1) is 11.8 Å². The number of carbonyl (C=O) groups is 1. The average Bonchev–Trinajstić information content (AvgIpc) is 3.36. The van der Waals surface area contributed by atoms with Crippen molar-refractivity contribution >= 4 is 27.7 Å². The van der Waals surface area contributed by atoms with Crippen LogP contribution in [0.15, 0.2) is 42.5 Å². The van der Waals surface area contributed by atoms with Gasteiger partial charge in [-0.25, -0.2) is 0 Å². The number of nitrogens with zero attached hydrogens (tertiary/aromatic N) is 2. The van der Waals surface area contributed by atoms with Gasteiger partial charge in [-0.1, -0.05) is 24.3 Å². The van der Waals surface area contributed by atoms with Crippen LogP contribution in [0.1, 0.15) is 18.4 Å². The molecule has 1 aliphatic heterocycles. The molecule has 2 aromatic carbocycles. The van der Waals surface area contributed by atoms with Crippen molar-refractivity contribution in [2.45, 2.75) is 25.3 Å². The highest BCUT2D eigenvalue weighted by atomic mass is 16.2. The minimum absolute atomic E-state index is 0.159. The van der Waals surface area contributed by atoms with Crippen molar-refractivity contribution in [2.24, 2.45) is 24.6 Å². The highest BCUT2D eigenvalue weighted by molar-refractivity contribution is 6.08. The van der Waals surface area contributed by atoms with Crippen LogP contribution in [-0.2, 0) is 18.3 Å². The first-order chi connectivity index (χ1) is 12.6. The van der Waals surface area contributed by atoms with E-state index in [9.17, 15) is 4.79 Å². The summed E-state index contributed by atoms with van der Waals surface area (Å²) in [7, 11) is 2.10. The molecule has 0 spiro atoms. The first-order valence-electron chi connectivity index (χ1n) is 9.61. The summed E-state index contributed by atoms with van der Waals surface area (Å²) in [6.07, 6.45) is 3.04. The smallest absolute Gasteiger partial charge is 0.227 e. The van der Waals surface area contributed by atoms with E-state index >= 15 is 0 Å². The third-order valence-corrected chi connectivity index (χ3v) is 6.33. The molecule has 1 saturated heterocycles. The Kier molecular flexibility index (Phi) is 3.57. The Hall–Kier alpha value is -2.33. The molecule has 0 bridgehead atoms. The molecule has 1 aromatic heterocycles. The van der Waals surface area contributed by atoms with Crippen molar-refractivity contribution in [3.8, 4) is 0 Å². The lowest BCUT2D eigenvalue weighted by Crippen LogP contribution is -2.33. The third-order valence-electron chi connectivity index (χ3n) is 6.33. The number of para-hydroxylation sites is 1. The van der Waals surface area contributed by atoms with Crippen molar-refractivity contribution in [3.63, 3.8) is 0 Å². The summed E-state index contributed by atoms with van der Waals surface area (Å²) >= 11 is 0. The molecule has 2 fully saturated rings. The summed E-state index contributed by atoms with van der Waals surface area (Å²) in [5.41, 5.74) is 9.80. The van der Waals surface area contributed by atoms with Gasteiger partial charge in [0.05, 0.1) is 6.42 Å². The molecule has 1 saturated carbocycles. The zero-order valence-electron chi connectivity index (χ0n) is 15.2. The predicted molar refractivity (Wildman–Crippen MR) is 105 cm³/mol. The summed E-state index contributed by atoms with van der Waals surface area (Å²) < 4.78 is 2.22. The van der Waals surface area contributed by atoms with Gasteiger partial charge in [0.15, 0.2) is 0 Å². The van der Waals surface area contributed by atoms with E-state index in [0.717, 1.165) is 24.6 Å². The summed E-state index contributed by atoms with van der Waals surface area (Å²) in [5.74, 6) is 1.48. The van der Waals surface area contributed by atoms with Crippen LogP contribution in [0.3, 0.4) is 0 Å². The van der Waals surface area contributed by atoms with Crippen LogP contribution in [0.2, 0.25) is 0 Å². The number of carbonyl (C=O) groups excluding carboxylic acids is 1. The fourth-order valence-electron chi connectivity index (χ4n) is 4.69. The number of fused-ring (bicyclic) bond motifs is 3. The number of hydrogen-bond acceptors (Lipinski definition) is 2. The molecule has 2 aliphatic rings. The third kappa shape index (κ3) is 2.52. The van der Waals surface area contributed by atoms with E-state index in [1.54, 1.807) is 0 Å². The predicted octanol–water partition coefficient (Wildman–Crippen LogP) is 3.07. The van der Waals surface area contributed by atoms with Crippen LogP contribution in [0.5, 0.6) is 0 Å². The topological polar surface area (TPSA) is 51.3 Å². The van der Waals surface area contributed by atoms with Gasteiger partial charge in [0.1, 0.15) is 0 Å². The van der Waals surface area contributed by atoms with Gasteiger partial charge in [-0.15, -0.1) is 0 Å². The number of amides is 1. The second-order valence-corrected chi connectivity index (χ2v) is 8.07. The quantitative estimate of drug-likeness (QED) is 0.792. The fraction of sp³-hybridized carbons (Fsp3) is 0.409. The molecule has 1 amide bonds. The maximum absolute atomic E-state index is 12.8. The molecule has 1 aliphatic carbocycles. The Bertz CT molecular complexity index is 1000. The van der Waals surface area contributed by atoms with E-state index in [-0.39, 0.29) is 11.9 Å². The van der Waals surface area contributed by atoms with Crippen molar-refractivity contribution in [3.05, 3.63) is 48.0 Å². The van der Waals surface area contributed by atoms with Crippen molar-refractivity contribution < 1.29 is 4.79 Å². The number of likely N-dealkylation sites (tertiary alicyclic amines) is 1. The van der Waals surface area contributed by atoms with Gasteiger partial charge in [-0.2, -0.15) is 0 Å². The van der Waals surface area contributed by atoms with Gasteiger partial charge >= 0.3 is 0 Å². The van der Waals surface area contributed by atoms with Crippen LogP contribution < -0.4 is 5.73 Å². The Labute approximate surface area is 153 Å². The Morgan fingerprint density at radius 2 is 1.85 bits per heavy atom. The standard InChI is InChI=1S/C22H25N3O/c1-24-20-5-3-2-4-16(20)17-10-14(6-9-21(17)24)11-22(26)25-12-18(15-7-8-15)19(23)13-25/h2-6,9-10,15,18-19H,7-8,11-13,23H2,1H3/t18-,19+/m1/s1. The van der Waals surface area contributed by atoms with Gasteiger partial charge in [0.25, 0.3) is 0 Å². The molecule has 2 heterocycles. The van der Waals surface area contributed by atoms with Crippen molar-refractivity contribution in [1.29, 1.82) is 0 Å². The van der Waals surface area contributed by atoms with Gasteiger partial charge in [0.2, 0.25) is 5.91 Å². The molecule has 4 heteroatoms. The lowest BCUT2D eigenvalue weighted by atomic mass is 9.99. The number of aryl methyl sites for hydroxylation is 1. The molecule has 5 rings (SSSR count). The summed E-state index contributed by atoms with van der Waals surface area (Å²) in [4.78, 5) is 14.8. The van der Waals surface area contributed by atoms with Crippen molar-refractivity contribution in [1.82, 2.24) is 9.47 Å². The number of hydrogen-bond donors (Lipinski definition) is 1. The molecule has 4 nitrogen and oxygen atoms in total. The van der Waals surface area contributed by atoms with Gasteiger partial charge < -0.3 is 15.2 Å². The maximum atomic E-state index is 12.8. The van der Waals surface area contributed by atoms with Crippen LogP contribution in [0.4, 0.5) is 0 Å². The molecule has 0 unspecified atom stereocenters. The summed E-state index contributed by atoms with van der Waals surface area (Å²) in [6, 6.07) is 15.0. The molecule has 134 valence electrons. The normalized spacial score (nSPS) is 23.2. The highest BCUT2D eigenvalue weighted by Gasteiger charge is 2.41. The number of aromatic nitrogens is 1. The Morgan fingerprint density at radius 1 is 1.08 bits per heavy atom. The SMILES string of the molecule is Cn1c2ccccc2c2cc(CC(=O)N3C[C@H](C4CC4)[C@@H](N)C3)ccc21. The summed E-state index contributed by atoms with van der Waals surface area (Å²) in [5, 5.41) is 2.47. The van der Waals surface area contributed by atoms with Crippen LogP contribution in [-0.4, -0.2) is 34.5 Å². The van der Waals surface area contributed by atoms with Crippen molar-refractivity contribution in [2.75, 3.05) is 13.1 Å². The monoisotopic (exact) mass is 347 g/mol. The van der Waals surface area contributed by atoms with E-state index < -0.39 is 0 Å². The molecule has 26 heavy (non-hydrogen) atoms. The first-order valence-corrected chi connectivity index (χ1v) is 9.61. The molecule has 2 N–H and O–H groups in total. The molecule has 3 aromatic rings. The minimum atomic E-state index is 0.159. The van der Waals surface area contributed by atoms with Crippen LogP contribution in [0.25, 0.3) is 21.8 Å².